The standard InChI is InChI=1S/C34H47N7O4/c1-24-21-27(36-23-25(24)2)22-31(32(42)39-14-8-28(9-15-39)38-19-12-35-13-20-38)45-34(44)40-16-10-29(11-17-40)41-18-7-26-5-3-4-6-30(26)37-33(41)43/h3-6,21,23,28-29,31,35H,7-20,22H2,1-2H3,(H,37,43). The number of hydrogen-bond donors (Lipinski definition) is 2. The van der Waals surface area contributed by atoms with Crippen molar-refractivity contribution in [2.45, 2.75) is 70.6 Å². The number of pyridine rings is 1. The number of aromatic nitrogens is 1. The summed E-state index contributed by atoms with van der Waals surface area (Å²) >= 11 is 0. The summed E-state index contributed by atoms with van der Waals surface area (Å²) < 4.78 is 6.03. The number of piperidine rings is 2. The fourth-order valence-electron chi connectivity index (χ4n) is 7.16. The number of aryl methyl sites for hydroxylation is 2. The summed E-state index contributed by atoms with van der Waals surface area (Å²) in [5.74, 6) is -0.141. The van der Waals surface area contributed by atoms with Gasteiger partial charge < -0.3 is 30.1 Å². The zero-order chi connectivity index (χ0) is 31.3. The average Bonchev–Trinajstić information content (AvgIpc) is 3.24. The lowest BCUT2D eigenvalue weighted by molar-refractivity contribution is -0.142. The Morgan fingerprint density at radius 2 is 1.60 bits per heavy atom. The molecule has 11 heteroatoms. The number of rotatable bonds is 6. The number of carbonyl (C=O) groups is 3. The van der Waals surface area contributed by atoms with Crippen molar-refractivity contribution in [1.29, 1.82) is 0 Å². The molecule has 3 fully saturated rings. The van der Waals surface area contributed by atoms with E-state index in [1.54, 1.807) is 4.90 Å². The van der Waals surface area contributed by atoms with Crippen LogP contribution in [0.4, 0.5) is 15.3 Å². The molecule has 4 amide bonds. The molecule has 45 heavy (non-hydrogen) atoms. The summed E-state index contributed by atoms with van der Waals surface area (Å²) in [4.78, 5) is 53.0. The molecule has 5 heterocycles. The van der Waals surface area contributed by atoms with Crippen molar-refractivity contribution in [3.8, 4) is 0 Å². The molecule has 1 atom stereocenters. The molecule has 1 aromatic heterocycles. The van der Waals surface area contributed by atoms with Gasteiger partial charge in [0.05, 0.1) is 0 Å². The zero-order valence-electron chi connectivity index (χ0n) is 26.7. The molecule has 0 bridgehead atoms. The van der Waals surface area contributed by atoms with Crippen LogP contribution in [0, 0.1) is 13.8 Å². The number of carbonyl (C=O) groups excluding carboxylic acids is 3. The van der Waals surface area contributed by atoms with Crippen molar-refractivity contribution in [1.82, 2.24) is 29.9 Å². The van der Waals surface area contributed by atoms with Gasteiger partial charge in [-0.25, -0.2) is 9.59 Å². The molecule has 11 nitrogen and oxygen atoms in total. The number of para-hydroxylation sites is 1. The van der Waals surface area contributed by atoms with Crippen LogP contribution in [-0.2, 0) is 22.4 Å². The Labute approximate surface area is 266 Å². The Bertz CT molecular complexity index is 1360. The van der Waals surface area contributed by atoms with E-state index in [9.17, 15) is 14.4 Å². The van der Waals surface area contributed by atoms with E-state index in [0.29, 0.717) is 51.6 Å². The topological polar surface area (TPSA) is 110 Å². The number of hydrogen-bond acceptors (Lipinski definition) is 7. The third kappa shape index (κ3) is 7.41. The molecule has 2 N–H and O–H groups in total. The van der Waals surface area contributed by atoms with Crippen molar-refractivity contribution in [2.24, 2.45) is 0 Å². The Hall–Kier alpha value is -3.70. The summed E-state index contributed by atoms with van der Waals surface area (Å²) in [6.45, 7) is 11.1. The normalized spacial score (nSPS) is 21.1. The van der Waals surface area contributed by atoms with Crippen molar-refractivity contribution >= 4 is 23.7 Å². The minimum atomic E-state index is -0.935. The van der Waals surface area contributed by atoms with E-state index in [1.807, 2.05) is 54.1 Å². The number of piperazine rings is 1. The van der Waals surface area contributed by atoms with Crippen LogP contribution in [0.2, 0.25) is 0 Å². The van der Waals surface area contributed by atoms with E-state index >= 15 is 0 Å². The van der Waals surface area contributed by atoms with Gasteiger partial charge in [-0.3, -0.25) is 14.7 Å². The molecular formula is C34H47N7O4. The monoisotopic (exact) mass is 617 g/mol. The second-order valence-electron chi connectivity index (χ2n) is 12.9. The lowest BCUT2D eigenvalue weighted by atomic mass is 10.0. The number of benzene rings is 1. The Morgan fingerprint density at radius 3 is 2.33 bits per heavy atom. The van der Waals surface area contributed by atoms with E-state index < -0.39 is 12.2 Å². The van der Waals surface area contributed by atoms with Gasteiger partial charge in [0.2, 0.25) is 0 Å². The van der Waals surface area contributed by atoms with E-state index in [0.717, 1.165) is 73.5 Å². The van der Waals surface area contributed by atoms with Crippen LogP contribution < -0.4 is 10.6 Å². The van der Waals surface area contributed by atoms with Crippen LogP contribution in [-0.4, -0.2) is 120 Å². The maximum Gasteiger partial charge on any atom is 0.410 e. The van der Waals surface area contributed by atoms with Gasteiger partial charge in [-0.1, -0.05) is 18.2 Å². The van der Waals surface area contributed by atoms with Crippen LogP contribution in [0.5, 0.6) is 0 Å². The number of nitrogens with zero attached hydrogens (tertiary/aromatic N) is 5. The largest absolute Gasteiger partial charge is 0.436 e. The molecule has 0 aliphatic carbocycles. The lowest BCUT2D eigenvalue weighted by Crippen LogP contribution is -2.54. The maximum atomic E-state index is 13.9. The number of urea groups is 1. The first-order valence-corrected chi connectivity index (χ1v) is 16.6. The number of ether oxygens (including phenoxy) is 1. The smallest absolute Gasteiger partial charge is 0.410 e. The van der Waals surface area contributed by atoms with E-state index in [4.69, 9.17) is 4.74 Å². The molecule has 1 unspecified atom stereocenters. The Balaban J connectivity index is 1.07. The molecule has 1 aromatic carbocycles. The first kappa shape index (κ1) is 31.3. The van der Waals surface area contributed by atoms with Gasteiger partial charge in [0, 0.05) is 95.0 Å². The first-order valence-electron chi connectivity index (χ1n) is 16.6. The number of anilines is 1. The maximum absolute atomic E-state index is 13.9. The number of amides is 4. The lowest BCUT2D eigenvalue weighted by Gasteiger charge is -2.41. The van der Waals surface area contributed by atoms with Crippen molar-refractivity contribution in [3.63, 3.8) is 0 Å². The summed E-state index contributed by atoms with van der Waals surface area (Å²) in [5, 5.41) is 6.47. The third-order valence-electron chi connectivity index (χ3n) is 10.1. The molecule has 4 aliphatic heterocycles. The van der Waals surface area contributed by atoms with Crippen LogP contribution in [0.1, 0.15) is 48.1 Å². The Kier molecular flexibility index (Phi) is 9.85. The molecule has 4 aliphatic rings. The zero-order valence-corrected chi connectivity index (χ0v) is 26.7. The van der Waals surface area contributed by atoms with Gasteiger partial charge >= 0.3 is 12.1 Å². The van der Waals surface area contributed by atoms with Gasteiger partial charge in [-0.15, -0.1) is 0 Å². The highest BCUT2D eigenvalue weighted by molar-refractivity contribution is 5.91. The van der Waals surface area contributed by atoms with Crippen LogP contribution in [0.3, 0.4) is 0 Å². The number of nitrogens with one attached hydrogen (secondary N) is 2. The van der Waals surface area contributed by atoms with Gasteiger partial charge in [0.1, 0.15) is 0 Å². The quantitative estimate of drug-likeness (QED) is 0.513. The van der Waals surface area contributed by atoms with Gasteiger partial charge in [0.15, 0.2) is 6.10 Å². The van der Waals surface area contributed by atoms with Crippen LogP contribution in [0.25, 0.3) is 0 Å². The second-order valence-corrected chi connectivity index (χ2v) is 12.9. The van der Waals surface area contributed by atoms with Gasteiger partial charge in [-0.05, 0) is 74.8 Å². The third-order valence-corrected chi connectivity index (χ3v) is 10.1. The van der Waals surface area contributed by atoms with Crippen molar-refractivity contribution in [3.05, 3.63) is 58.9 Å². The second kappa shape index (κ2) is 14.2. The summed E-state index contributed by atoms with van der Waals surface area (Å²) in [6, 6.07) is 10.3. The SMILES string of the molecule is Cc1cnc(CC(OC(=O)N2CCC(N3CCc4ccccc4NC3=O)CC2)C(=O)N2CCC(N3CCNCC3)CC2)cc1C. The molecule has 242 valence electrons. The highest BCUT2D eigenvalue weighted by atomic mass is 16.6. The molecule has 0 spiro atoms. The summed E-state index contributed by atoms with van der Waals surface area (Å²) in [7, 11) is 0. The fraction of sp³-hybridized carbons (Fsp3) is 0.588. The summed E-state index contributed by atoms with van der Waals surface area (Å²) in [5.41, 5.74) is 4.92. The minimum Gasteiger partial charge on any atom is -0.436 e. The molecule has 2 aromatic rings. The van der Waals surface area contributed by atoms with Crippen molar-refractivity contribution < 1.29 is 19.1 Å². The van der Waals surface area contributed by atoms with Crippen molar-refractivity contribution in [2.75, 3.05) is 64.2 Å². The molecule has 6 rings (SSSR count). The molecule has 0 saturated carbocycles. The van der Waals surface area contributed by atoms with Crippen LogP contribution >= 0.6 is 0 Å². The summed E-state index contributed by atoms with van der Waals surface area (Å²) in [6.07, 6.45) is 4.62. The predicted molar refractivity (Wildman–Crippen MR) is 172 cm³/mol. The Morgan fingerprint density at radius 1 is 0.911 bits per heavy atom. The highest BCUT2D eigenvalue weighted by Crippen LogP contribution is 2.26. The predicted octanol–water partition coefficient (Wildman–Crippen LogP) is 3.20. The first-order chi connectivity index (χ1) is 21.9. The van der Waals surface area contributed by atoms with E-state index in [-0.39, 0.29) is 24.4 Å². The number of fused-ring (bicyclic) bond motifs is 1. The van der Waals surface area contributed by atoms with Gasteiger partial charge in [0.25, 0.3) is 5.91 Å². The van der Waals surface area contributed by atoms with E-state index in [2.05, 4.69) is 26.6 Å². The van der Waals surface area contributed by atoms with Crippen LogP contribution in [0.15, 0.2) is 36.5 Å². The van der Waals surface area contributed by atoms with Gasteiger partial charge in [-0.2, -0.15) is 0 Å². The average molecular weight is 618 g/mol. The molecule has 3 saturated heterocycles. The highest BCUT2D eigenvalue weighted by Gasteiger charge is 2.36. The minimum absolute atomic E-state index is 0.0394. The molecular weight excluding hydrogens is 570 g/mol. The van der Waals surface area contributed by atoms with E-state index in [1.165, 1.54) is 0 Å². The molecule has 0 radical (unpaired) electrons. The fourth-order valence-corrected chi connectivity index (χ4v) is 7.16. The number of likely N-dealkylation sites (tertiary alicyclic amines) is 2.